The number of carbonyl (C=O) groups excluding carboxylic acids is 1. The Bertz CT molecular complexity index is 394. The quantitative estimate of drug-likeness (QED) is 0.632. The molecule has 5 heteroatoms. The summed E-state index contributed by atoms with van der Waals surface area (Å²) in [5, 5.41) is 3.00. The Morgan fingerprint density at radius 2 is 1.94 bits per heavy atom. The number of thioether (sulfide) groups is 1. The summed E-state index contributed by atoms with van der Waals surface area (Å²) < 4.78 is 9.89. The summed E-state index contributed by atoms with van der Waals surface area (Å²) in [6.45, 7) is 1.83. The molecule has 0 heterocycles. The Balaban J connectivity index is 2.64. The third-order valence-electron chi connectivity index (χ3n) is 2.77. The van der Waals surface area contributed by atoms with Crippen LogP contribution in [-0.4, -0.2) is 38.5 Å². The van der Waals surface area contributed by atoms with E-state index in [1.807, 2.05) is 31.2 Å². The maximum atomic E-state index is 11.7. The van der Waals surface area contributed by atoms with Crippen molar-refractivity contribution < 1.29 is 14.3 Å². The molecule has 0 aromatic heterocycles. The second-order valence-electron chi connectivity index (χ2n) is 4.04. The van der Waals surface area contributed by atoms with E-state index in [4.69, 9.17) is 9.47 Å². The number of carbonyl (C=O) groups is 1. The number of likely N-dealkylation sites (N-methyl/N-ethyl adjacent to an activating group) is 1. The van der Waals surface area contributed by atoms with Crippen molar-refractivity contribution in [3.8, 4) is 5.75 Å². The van der Waals surface area contributed by atoms with E-state index < -0.39 is 5.54 Å². The van der Waals surface area contributed by atoms with Crippen LogP contribution in [0.15, 0.2) is 29.2 Å². The molecule has 1 unspecified atom stereocenters. The minimum absolute atomic E-state index is 0.258. The van der Waals surface area contributed by atoms with Crippen molar-refractivity contribution in [3.63, 3.8) is 0 Å². The number of hydrogen-bond acceptors (Lipinski definition) is 5. The molecule has 18 heavy (non-hydrogen) atoms. The highest BCUT2D eigenvalue weighted by Crippen LogP contribution is 2.25. The van der Waals surface area contributed by atoms with Crippen LogP contribution in [0.5, 0.6) is 5.75 Å². The fourth-order valence-electron chi connectivity index (χ4n) is 1.36. The molecule has 1 atom stereocenters. The van der Waals surface area contributed by atoms with Crippen LogP contribution < -0.4 is 10.1 Å². The van der Waals surface area contributed by atoms with Gasteiger partial charge in [-0.2, -0.15) is 0 Å². The molecule has 0 aliphatic rings. The van der Waals surface area contributed by atoms with Gasteiger partial charge in [0, 0.05) is 10.6 Å². The first-order chi connectivity index (χ1) is 8.55. The lowest BCUT2D eigenvalue weighted by atomic mass is 10.1. The second kappa shape index (κ2) is 6.66. The molecule has 0 bridgehead atoms. The second-order valence-corrected chi connectivity index (χ2v) is 5.09. The molecule has 0 saturated heterocycles. The average Bonchev–Trinajstić information content (AvgIpc) is 2.44. The predicted molar refractivity (Wildman–Crippen MR) is 73.2 cm³/mol. The van der Waals surface area contributed by atoms with Gasteiger partial charge in [0.05, 0.1) is 14.2 Å². The molecule has 1 N–H and O–H groups in total. The summed E-state index contributed by atoms with van der Waals surface area (Å²) in [7, 11) is 4.79. The highest BCUT2D eigenvalue weighted by molar-refractivity contribution is 7.99. The van der Waals surface area contributed by atoms with Crippen molar-refractivity contribution in [3.05, 3.63) is 24.3 Å². The van der Waals surface area contributed by atoms with Gasteiger partial charge in [-0.1, -0.05) is 0 Å². The van der Waals surface area contributed by atoms with E-state index >= 15 is 0 Å². The number of rotatable bonds is 6. The first kappa shape index (κ1) is 14.9. The van der Waals surface area contributed by atoms with Gasteiger partial charge in [-0.3, -0.25) is 4.79 Å². The zero-order valence-electron chi connectivity index (χ0n) is 11.1. The van der Waals surface area contributed by atoms with Crippen molar-refractivity contribution in [2.45, 2.75) is 17.4 Å². The van der Waals surface area contributed by atoms with E-state index in [-0.39, 0.29) is 5.97 Å². The largest absolute Gasteiger partial charge is 0.497 e. The minimum atomic E-state index is -0.681. The van der Waals surface area contributed by atoms with E-state index in [1.165, 1.54) is 7.11 Å². The Labute approximate surface area is 112 Å². The Morgan fingerprint density at radius 1 is 1.33 bits per heavy atom. The van der Waals surface area contributed by atoms with Gasteiger partial charge in [0.15, 0.2) is 0 Å². The van der Waals surface area contributed by atoms with Crippen molar-refractivity contribution in [2.75, 3.05) is 27.0 Å². The Kier molecular flexibility index (Phi) is 5.50. The molecular weight excluding hydrogens is 250 g/mol. The monoisotopic (exact) mass is 269 g/mol. The lowest BCUT2D eigenvalue weighted by Crippen LogP contribution is -2.50. The molecule has 1 aromatic carbocycles. The van der Waals surface area contributed by atoms with Gasteiger partial charge in [-0.15, -0.1) is 11.8 Å². The third-order valence-corrected chi connectivity index (χ3v) is 4.10. The van der Waals surface area contributed by atoms with Crippen LogP contribution in [0.2, 0.25) is 0 Å². The van der Waals surface area contributed by atoms with Gasteiger partial charge in [0.2, 0.25) is 0 Å². The highest BCUT2D eigenvalue weighted by atomic mass is 32.2. The number of methoxy groups -OCH3 is 2. The molecule has 0 amide bonds. The standard InChI is InChI=1S/C13H19NO3S/c1-13(14-2,12(15)17-4)9-18-11-7-5-10(16-3)6-8-11/h5-8,14H,9H2,1-4H3. The number of hydrogen-bond donors (Lipinski definition) is 1. The molecule has 0 spiro atoms. The van der Waals surface area contributed by atoms with Crippen LogP contribution >= 0.6 is 11.8 Å². The van der Waals surface area contributed by atoms with E-state index in [2.05, 4.69) is 5.32 Å². The molecule has 0 aliphatic carbocycles. The van der Waals surface area contributed by atoms with Crippen molar-refractivity contribution >= 4 is 17.7 Å². The number of nitrogens with one attached hydrogen (secondary N) is 1. The maximum Gasteiger partial charge on any atom is 0.326 e. The van der Waals surface area contributed by atoms with E-state index in [9.17, 15) is 4.79 Å². The van der Waals surface area contributed by atoms with Gasteiger partial charge in [-0.25, -0.2) is 0 Å². The van der Waals surface area contributed by atoms with Crippen molar-refractivity contribution in [2.24, 2.45) is 0 Å². The summed E-state index contributed by atoms with van der Waals surface area (Å²) in [6, 6.07) is 7.74. The summed E-state index contributed by atoms with van der Waals surface area (Å²) in [6.07, 6.45) is 0. The Hall–Kier alpha value is -1.20. The fourth-order valence-corrected chi connectivity index (χ4v) is 2.40. The first-order valence-corrected chi connectivity index (χ1v) is 6.58. The number of esters is 1. The predicted octanol–water partition coefficient (Wildman–Crippen LogP) is 1.94. The normalized spacial score (nSPS) is 13.8. The van der Waals surface area contributed by atoms with Gasteiger partial charge < -0.3 is 14.8 Å². The van der Waals surface area contributed by atoms with Gasteiger partial charge in [-0.05, 0) is 38.2 Å². The summed E-state index contributed by atoms with van der Waals surface area (Å²) in [5.74, 6) is 1.16. The maximum absolute atomic E-state index is 11.7. The van der Waals surface area contributed by atoms with Gasteiger partial charge in [0.1, 0.15) is 11.3 Å². The summed E-state index contributed by atoms with van der Waals surface area (Å²) >= 11 is 1.60. The third kappa shape index (κ3) is 3.65. The topological polar surface area (TPSA) is 47.6 Å². The van der Waals surface area contributed by atoms with Crippen molar-refractivity contribution in [1.82, 2.24) is 5.32 Å². The lowest BCUT2D eigenvalue weighted by Gasteiger charge is -2.25. The van der Waals surface area contributed by atoms with E-state index in [0.717, 1.165) is 10.6 Å². The van der Waals surface area contributed by atoms with Crippen LogP contribution in [0, 0.1) is 0 Å². The lowest BCUT2D eigenvalue weighted by molar-refractivity contribution is -0.146. The average molecular weight is 269 g/mol. The smallest absolute Gasteiger partial charge is 0.326 e. The van der Waals surface area contributed by atoms with E-state index in [0.29, 0.717) is 5.75 Å². The Morgan fingerprint density at radius 3 is 2.39 bits per heavy atom. The molecule has 1 rings (SSSR count). The first-order valence-electron chi connectivity index (χ1n) is 5.60. The summed E-state index contributed by atoms with van der Waals surface area (Å²) in [4.78, 5) is 12.8. The van der Waals surface area contributed by atoms with Crippen molar-refractivity contribution in [1.29, 1.82) is 0 Å². The molecule has 0 saturated carbocycles. The fraction of sp³-hybridized carbons (Fsp3) is 0.462. The molecule has 0 aliphatic heterocycles. The van der Waals surface area contributed by atoms with Crippen LogP contribution in [0.25, 0.3) is 0 Å². The summed E-state index contributed by atoms with van der Waals surface area (Å²) in [5.41, 5.74) is -0.681. The molecule has 0 fully saturated rings. The zero-order chi connectivity index (χ0) is 13.6. The minimum Gasteiger partial charge on any atom is -0.497 e. The van der Waals surface area contributed by atoms with Gasteiger partial charge in [0.25, 0.3) is 0 Å². The van der Waals surface area contributed by atoms with E-state index in [1.54, 1.807) is 25.9 Å². The molecule has 0 radical (unpaired) electrons. The SMILES string of the molecule is CNC(C)(CSc1ccc(OC)cc1)C(=O)OC. The molecule has 100 valence electrons. The number of benzene rings is 1. The van der Waals surface area contributed by atoms with Crippen LogP contribution in [0.1, 0.15) is 6.92 Å². The van der Waals surface area contributed by atoms with Crippen LogP contribution in [-0.2, 0) is 9.53 Å². The zero-order valence-corrected chi connectivity index (χ0v) is 12.0. The molecule has 4 nitrogen and oxygen atoms in total. The number of ether oxygens (including phenoxy) is 2. The van der Waals surface area contributed by atoms with Crippen LogP contribution in [0.3, 0.4) is 0 Å². The molecular formula is C13H19NO3S. The van der Waals surface area contributed by atoms with Crippen LogP contribution in [0.4, 0.5) is 0 Å². The van der Waals surface area contributed by atoms with Gasteiger partial charge >= 0.3 is 5.97 Å². The molecule has 1 aromatic rings. The highest BCUT2D eigenvalue weighted by Gasteiger charge is 2.32.